The molecule has 1 aliphatic heterocycles. The summed E-state index contributed by atoms with van der Waals surface area (Å²) < 4.78 is 37.7. The van der Waals surface area contributed by atoms with Crippen LogP contribution in [-0.4, -0.2) is 25.3 Å². The number of hydrogen-bond acceptors (Lipinski definition) is 4. The van der Waals surface area contributed by atoms with Gasteiger partial charge in [-0.3, -0.25) is 4.55 Å². The molecule has 6 heteroatoms. The van der Waals surface area contributed by atoms with Gasteiger partial charge >= 0.3 is 0 Å². The maximum Gasteiger partial charge on any atom is 0.264 e. The molecule has 1 N–H and O–H groups in total. The molecule has 0 bridgehead atoms. The Morgan fingerprint density at radius 2 is 1.81 bits per heavy atom. The van der Waals surface area contributed by atoms with Crippen LogP contribution >= 0.6 is 0 Å². The van der Waals surface area contributed by atoms with Crippen LogP contribution in [0.2, 0.25) is 0 Å². The Balaban J connectivity index is 1.99. The fraction of sp³-hybridized carbons (Fsp3) is 0.429. The minimum atomic E-state index is -3.97. The van der Waals surface area contributed by atoms with E-state index >= 15 is 0 Å². The highest BCUT2D eigenvalue weighted by molar-refractivity contribution is 7.85. The number of hydrogen-bond donors (Lipinski definition) is 1. The molecule has 0 unspecified atom stereocenters. The fourth-order valence-corrected chi connectivity index (χ4v) is 4.05. The zero-order chi connectivity index (χ0) is 19.4. The van der Waals surface area contributed by atoms with Crippen LogP contribution in [0.4, 0.5) is 11.4 Å². The lowest BCUT2D eigenvalue weighted by atomic mass is 10.0. The number of aryl methyl sites for hydroxylation is 2. The largest absolute Gasteiger partial charge is 0.453 e. The molecule has 5 nitrogen and oxygen atoms in total. The van der Waals surface area contributed by atoms with Gasteiger partial charge in [-0.2, -0.15) is 8.42 Å². The summed E-state index contributed by atoms with van der Waals surface area (Å²) in [5, 5.41) is 0. The summed E-state index contributed by atoms with van der Waals surface area (Å²) in [6, 6.07) is 12.3. The van der Waals surface area contributed by atoms with Crippen LogP contribution in [0.25, 0.3) is 0 Å². The molecule has 0 radical (unpaired) electrons. The summed E-state index contributed by atoms with van der Waals surface area (Å²) in [6.45, 7) is 4.78. The lowest BCUT2D eigenvalue weighted by Crippen LogP contribution is -2.24. The van der Waals surface area contributed by atoms with Gasteiger partial charge in [0, 0.05) is 6.54 Å². The topological polar surface area (TPSA) is 66.8 Å². The van der Waals surface area contributed by atoms with Crippen molar-refractivity contribution in [3.05, 3.63) is 47.5 Å². The Hall–Kier alpha value is -2.05. The molecule has 2 aromatic rings. The molecule has 0 fully saturated rings. The van der Waals surface area contributed by atoms with Gasteiger partial charge in [0.25, 0.3) is 10.1 Å². The third-order valence-corrected chi connectivity index (χ3v) is 5.54. The number of fused-ring (bicyclic) bond motifs is 2. The number of anilines is 2. The van der Waals surface area contributed by atoms with Crippen LogP contribution < -0.4 is 9.64 Å². The van der Waals surface area contributed by atoms with Crippen molar-refractivity contribution >= 4 is 21.5 Å². The summed E-state index contributed by atoms with van der Waals surface area (Å²) in [5.74, 6) is 1.41. The van der Waals surface area contributed by atoms with Gasteiger partial charge in [0.05, 0.1) is 17.1 Å². The second-order valence-electron chi connectivity index (χ2n) is 6.96. The zero-order valence-electron chi connectivity index (χ0n) is 15.9. The Kier molecular flexibility index (Phi) is 6.07. The smallest absolute Gasteiger partial charge is 0.264 e. The molecular formula is C21H27NO4S. The quantitative estimate of drug-likeness (QED) is 0.635. The summed E-state index contributed by atoms with van der Waals surface area (Å²) in [6.07, 6.45) is 4.33. The van der Waals surface area contributed by atoms with Gasteiger partial charge in [0.2, 0.25) is 0 Å². The molecule has 0 saturated carbocycles. The highest BCUT2D eigenvalue weighted by Crippen LogP contribution is 2.48. The first-order valence-electron chi connectivity index (χ1n) is 9.58. The Morgan fingerprint density at radius 1 is 1.04 bits per heavy atom. The fourth-order valence-electron chi connectivity index (χ4n) is 3.56. The molecule has 3 rings (SSSR count). The van der Waals surface area contributed by atoms with Gasteiger partial charge in [-0.1, -0.05) is 44.9 Å². The van der Waals surface area contributed by atoms with E-state index in [0.717, 1.165) is 54.1 Å². The van der Waals surface area contributed by atoms with Crippen molar-refractivity contribution in [2.45, 2.75) is 46.0 Å². The van der Waals surface area contributed by atoms with E-state index in [4.69, 9.17) is 9.29 Å². The third-order valence-electron chi connectivity index (χ3n) is 4.74. The van der Waals surface area contributed by atoms with Crippen molar-refractivity contribution in [1.82, 2.24) is 0 Å². The molecule has 0 amide bonds. The minimum absolute atomic E-state index is 0.252. The zero-order valence-corrected chi connectivity index (χ0v) is 16.8. The highest BCUT2D eigenvalue weighted by atomic mass is 32.2. The van der Waals surface area contributed by atoms with Gasteiger partial charge in [-0.05, 0) is 48.6 Å². The standard InChI is InChI=1S/C21H27NO4S/c1-3-7-16-11-12-18-20(15-16)26-21-17(8-4-2)9-5-10-19(21)22(18)13-6-14-27(23,24)25/h5,9-12,15H,3-4,6-8,13-14H2,1-2H3,(H,23,24,25). The summed E-state index contributed by atoms with van der Waals surface area (Å²) in [7, 11) is -3.97. The first-order chi connectivity index (χ1) is 12.9. The molecule has 1 heterocycles. The number of ether oxygens (including phenoxy) is 1. The van der Waals surface area contributed by atoms with E-state index in [1.165, 1.54) is 5.56 Å². The number of rotatable bonds is 8. The molecule has 2 aromatic carbocycles. The highest BCUT2D eigenvalue weighted by Gasteiger charge is 2.26. The third kappa shape index (κ3) is 4.62. The Bertz CT molecular complexity index is 908. The molecule has 0 saturated heterocycles. The van der Waals surface area contributed by atoms with E-state index in [0.29, 0.717) is 13.0 Å². The summed E-state index contributed by atoms with van der Waals surface area (Å²) in [4.78, 5) is 2.11. The lowest BCUT2D eigenvalue weighted by molar-refractivity contribution is 0.464. The van der Waals surface area contributed by atoms with E-state index in [1.54, 1.807) is 0 Å². The van der Waals surface area contributed by atoms with Gasteiger partial charge < -0.3 is 9.64 Å². The summed E-state index contributed by atoms with van der Waals surface area (Å²) >= 11 is 0. The second kappa shape index (κ2) is 8.31. The molecule has 27 heavy (non-hydrogen) atoms. The van der Waals surface area contributed by atoms with Crippen LogP contribution in [0.1, 0.15) is 44.2 Å². The van der Waals surface area contributed by atoms with Gasteiger partial charge in [0.15, 0.2) is 11.5 Å². The van der Waals surface area contributed by atoms with Gasteiger partial charge in [-0.25, -0.2) is 0 Å². The first kappa shape index (κ1) is 19.7. The molecule has 1 aliphatic rings. The van der Waals surface area contributed by atoms with Crippen LogP contribution in [0.3, 0.4) is 0 Å². The second-order valence-corrected chi connectivity index (χ2v) is 8.53. The van der Waals surface area contributed by atoms with Crippen molar-refractivity contribution in [2.75, 3.05) is 17.2 Å². The molecule has 0 aromatic heterocycles. The van der Waals surface area contributed by atoms with Gasteiger partial charge in [0.1, 0.15) is 0 Å². The molecule has 0 aliphatic carbocycles. The average Bonchev–Trinajstić information content (AvgIpc) is 2.61. The Morgan fingerprint density at radius 3 is 2.52 bits per heavy atom. The first-order valence-corrected chi connectivity index (χ1v) is 11.2. The predicted octanol–water partition coefficient (Wildman–Crippen LogP) is 5.11. The van der Waals surface area contributed by atoms with E-state index in [1.807, 2.05) is 18.2 Å². The van der Waals surface area contributed by atoms with Crippen molar-refractivity contribution in [1.29, 1.82) is 0 Å². The Labute approximate surface area is 161 Å². The van der Waals surface area contributed by atoms with Gasteiger partial charge in [-0.15, -0.1) is 0 Å². The van der Waals surface area contributed by atoms with E-state index in [9.17, 15) is 8.42 Å². The van der Waals surface area contributed by atoms with E-state index in [2.05, 4.69) is 36.9 Å². The van der Waals surface area contributed by atoms with Crippen molar-refractivity contribution in [3.8, 4) is 11.5 Å². The van der Waals surface area contributed by atoms with Crippen molar-refractivity contribution in [2.24, 2.45) is 0 Å². The van der Waals surface area contributed by atoms with E-state index in [-0.39, 0.29) is 5.75 Å². The van der Waals surface area contributed by atoms with Crippen molar-refractivity contribution < 1.29 is 17.7 Å². The SMILES string of the molecule is CCCc1ccc2c(c1)Oc1c(CCC)cccc1N2CCCS(=O)(=O)O. The monoisotopic (exact) mass is 389 g/mol. The van der Waals surface area contributed by atoms with Crippen molar-refractivity contribution in [3.63, 3.8) is 0 Å². The normalized spacial score (nSPS) is 13.1. The number of para-hydroxylation sites is 1. The predicted molar refractivity (Wildman–Crippen MR) is 109 cm³/mol. The van der Waals surface area contributed by atoms with Crippen LogP contribution in [0.15, 0.2) is 36.4 Å². The maximum absolute atomic E-state index is 11.1. The van der Waals surface area contributed by atoms with Crippen LogP contribution in [-0.2, 0) is 23.0 Å². The molecule has 146 valence electrons. The molecule has 0 spiro atoms. The lowest BCUT2D eigenvalue weighted by Gasteiger charge is -2.34. The van der Waals surface area contributed by atoms with Crippen LogP contribution in [0.5, 0.6) is 11.5 Å². The minimum Gasteiger partial charge on any atom is -0.453 e. The maximum atomic E-state index is 11.1. The van der Waals surface area contributed by atoms with E-state index < -0.39 is 10.1 Å². The van der Waals surface area contributed by atoms with Crippen LogP contribution in [0, 0.1) is 0 Å². The number of nitrogens with zero attached hydrogens (tertiary/aromatic N) is 1. The number of benzene rings is 2. The molecular weight excluding hydrogens is 362 g/mol. The average molecular weight is 390 g/mol. The summed E-state index contributed by atoms with van der Waals surface area (Å²) in [5.41, 5.74) is 4.27. The molecule has 0 atom stereocenters.